The van der Waals surface area contributed by atoms with Crippen LogP contribution in [0.25, 0.3) is 0 Å². The van der Waals surface area contributed by atoms with E-state index in [9.17, 15) is 9.59 Å². The van der Waals surface area contributed by atoms with Crippen molar-refractivity contribution in [2.75, 3.05) is 24.7 Å². The molecule has 3 heterocycles. The number of amides is 2. The van der Waals surface area contributed by atoms with Gasteiger partial charge in [0.05, 0.1) is 5.88 Å². The highest BCUT2D eigenvalue weighted by Crippen LogP contribution is 2.32. The van der Waals surface area contributed by atoms with Gasteiger partial charge in [-0.2, -0.15) is 0 Å². The lowest BCUT2D eigenvalue weighted by atomic mass is 10.0. The van der Waals surface area contributed by atoms with Crippen LogP contribution in [0.5, 0.6) is 0 Å². The molecule has 0 radical (unpaired) electrons. The molecule has 24 heavy (non-hydrogen) atoms. The fourth-order valence-electron chi connectivity index (χ4n) is 4.63. The van der Waals surface area contributed by atoms with Crippen LogP contribution < -0.4 is 5.32 Å². The lowest BCUT2D eigenvalue weighted by molar-refractivity contribution is -0.145. The predicted octanol–water partition coefficient (Wildman–Crippen LogP) is 1.85. The van der Waals surface area contributed by atoms with Crippen LogP contribution in [0.1, 0.15) is 44.9 Å². The van der Waals surface area contributed by atoms with Crippen LogP contribution in [0.15, 0.2) is 0 Å². The first-order valence-electron chi connectivity index (χ1n) is 9.15. The summed E-state index contributed by atoms with van der Waals surface area (Å²) < 4.78 is 0. The standard InChI is InChI=1S/C17H27N3O2S.ClH/c21-16(12-3-1-2-4-12)20-11-23-10-15(20)17(22)19-8-7-13-5-6-14(9-19)18-13;/h12-15,18H,1-11H2;1H. The summed E-state index contributed by atoms with van der Waals surface area (Å²) in [6, 6.07) is 0.830. The number of carbonyl (C=O) groups excluding carboxylic acids is 2. The zero-order valence-corrected chi connectivity index (χ0v) is 15.7. The van der Waals surface area contributed by atoms with Crippen molar-refractivity contribution in [3.05, 3.63) is 0 Å². The molecule has 0 spiro atoms. The Bertz CT molecular complexity index is 486. The van der Waals surface area contributed by atoms with Crippen LogP contribution in [-0.2, 0) is 9.59 Å². The molecule has 3 atom stereocenters. The smallest absolute Gasteiger partial charge is 0.246 e. The highest BCUT2D eigenvalue weighted by molar-refractivity contribution is 7.99. The number of nitrogens with zero attached hydrogens (tertiary/aromatic N) is 2. The number of fused-ring (bicyclic) bond motifs is 2. The third-order valence-electron chi connectivity index (χ3n) is 5.99. The van der Waals surface area contributed by atoms with Crippen LogP contribution in [0.2, 0.25) is 0 Å². The molecule has 3 saturated heterocycles. The van der Waals surface area contributed by atoms with E-state index in [1.807, 2.05) is 9.80 Å². The fourth-order valence-corrected chi connectivity index (χ4v) is 5.78. The monoisotopic (exact) mass is 373 g/mol. The molecule has 3 unspecified atom stereocenters. The quantitative estimate of drug-likeness (QED) is 0.802. The summed E-state index contributed by atoms with van der Waals surface area (Å²) in [6.07, 6.45) is 7.83. The summed E-state index contributed by atoms with van der Waals surface area (Å²) in [5.41, 5.74) is 0. The second kappa shape index (κ2) is 7.83. The minimum absolute atomic E-state index is 0. The lowest BCUT2D eigenvalue weighted by Crippen LogP contribution is -2.51. The summed E-state index contributed by atoms with van der Waals surface area (Å²) in [7, 11) is 0. The van der Waals surface area contributed by atoms with Crippen LogP contribution in [0.3, 0.4) is 0 Å². The second-order valence-corrected chi connectivity index (χ2v) is 8.52. The summed E-state index contributed by atoms with van der Waals surface area (Å²) in [5.74, 6) is 2.07. The molecule has 0 aromatic rings. The van der Waals surface area contributed by atoms with Crippen molar-refractivity contribution in [3.63, 3.8) is 0 Å². The highest BCUT2D eigenvalue weighted by Gasteiger charge is 2.41. The Kier molecular flexibility index (Phi) is 5.98. The molecule has 7 heteroatoms. The Morgan fingerprint density at radius 2 is 1.71 bits per heavy atom. The van der Waals surface area contributed by atoms with Gasteiger partial charge in [-0.25, -0.2) is 0 Å². The Labute approximate surface area is 154 Å². The van der Waals surface area contributed by atoms with Gasteiger partial charge < -0.3 is 15.1 Å². The maximum absolute atomic E-state index is 13.1. The molecule has 1 aliphatic carbocycles. The predicted molar refractivity (Wildman–Crippen MR) is 98.3 cm³/mol. The van der Waals surface area contributed by atoms with E-state index in [2.05, 4.69) is 5.32 Å². The molecule has 1 saturated carbocycles. The zero-order chi connectivity index (χ0) is 15.8. The Morgan fingerprint density at radius 1 is 0.958 bits per heavy atom. The van der Waals surface area contributed by atoms with E-state index >= 15 is 0 Å². The van der Waals surface area contributed by atoms with Gasteiger partial charge in [0.1, 0.15) is 6.04 Å². The third kappa shape index (κ3) is 3.56. The van der Waals surface area contributed by atoms with Gasteiger partial charge in [-0.3, -0.25) is 9.59 Å². The molecule has 136 valence electrons. The number of thioether (sulfide) groups is 1. The third-order valence-corrected chi connectivity index (χ3v) is 7.00. The van der Waals surface area contributed by atoms with Gasteiger partial charge >= 0.3 is 0 Å². The first kappa shape index (κ1) is 18.3. The lowest BCUT2D eigenvalue weighted by Gasteiger charge is -2.31. The summed E-state index contributed by atoms with van der Waals surface area (Å²) in [6.45, 7) is 1.67. The molecular formula is C17H28ClN3O2S. The topological polar surface area (TPSA) is 52.7 Å². The van der Waals surface area contributed by atoms with E-state index in [1.54, 1.807) is 11.8 Å². The van der Waals surface area contributed by atoms with Crippen molar-refractivity contribution < 1.29 is 9.59 Å². The number of nitrogens with one attached hydrogen (secondary N) is 1. The average Bonchev–Trinajstić information content (AvgIpc) is 3.26. The molecule has 2 amide bonds. The van der Waals surface area contributed by atoms with Crippen molar-refractivity contribution in [2.45, 2.75) is 63.1 Å². The van der Waals surface area contributed by atoms with Crippen molar-refractivity contribution in [2.24, 2.45) is 5.92 Å². The van der Waals surface area contributed by atoms with Gasteiger partial charge in [0.25, 0.3) is 0 Å². The van der Waals surface area contributed by atoms with Gasteiger partial charge in [-0.1, -0.05) is 12.8 Å². The average molecular weight is 374 g/mol. The van der Waals surface area contributed by atoms with E-state index < -0.39 is 0 Å². The fraction of sp³-hybridized carbons (Fsp3) is 0.882. The minimum atomic E-state index is -0.218. The molecular weight excluding hydrogens is 346 g/mol. The van der Waals surface area contributed by atoms with Crippen molar-refractivity contribution >= 4 is 36.0 Å². The van der Waals surface area contributed by atoms with Crippen molar-refractivity contribution in [3.8, 4) is 0 Å². The molecule has 4 aliphatic rings. The van der Waals surface area contributed by atoms with Crippen molar-refractivity contribution in [1.29, 1.82) is 0 Å². The summed E-state index contributed by atoms with van der Waals surface area (Å²) >= 11 is 1.73. The van der Waals surface area contributed by atoms with E-state index in [4.69, 9.17) is 0 Å². The number of likely N-dealkylation sites (tertiary alicyclic amines) is 1. The van der Waals surface area contributed by atoms with Gasteiger partial charge in [-0.05, 0) is 32.1 Å². The van der Waals surface area contributed by atoms with Gasteiger partial charge in [0.15, 0.2) is 0 Å². The number of halogens is 1. The maximum atomic E-state index is 13.1. The molecule has 0 aromatic heterocycles. The van der Waals surface area contributed by atoms with E-state index in [-0.39, 0.29) is 36.2 Å². The van der Waals surface area contributed by atoms with Gasteiger partial charge in [-0.15, -0.1) is 24.2 Å². The second-order valence-electron chi connectivity index (χ2n) is 7.52. The summed E-state index contributed by atoms with van der Waals surface area (Å²) in [5, 5.41) is 3.63. The van der Waals surface area contributed by atoms with Crippen LogP contribution in [-0.4, -0.2) is 64.5 Å². The first-order valence-corrected chi connectivity index (χ1v) is 10.3. The molecule has 4 fully saturated rings. The Morgan fingerprint density at radius 3 is 2.50 bits per heavy atom. The number of hydrogen-bond acceptors (Lipinski definition) is 4. The first-order chi connectivity index (χ1) is 11.2. The normalized spacial score (nSPS) is 33.4. The molecule has 0 aromatic carbocycles. The Hall–Kier alpha value is -0.460. The SMILES string of the molecule is Cl.O=C(C1CSCN1C(=O)C1CCCC1)N1CCC2CCC(C1)N2. The molecule has 2 bridgehead atoms. The van der Waals surface area contributed by atoms with Crippen LogP contribution in [0.4, 0.5) is 0 Å². The van der Waals surface area contributed by atoms with E-state index in [0.29, 0.717) is 18.0 Å². The molecule has 4 rings (SSSR count). The zero-order valence-electron chi connectivity index (χ0n) is 14.1. The van der Waals surface area contributed by atoms with Crippen LogP contribution in [0, 0.1) is 5.92 Å². The van der Waals surface area contributed by atoms with Gasteiger partial charge in [0, 0.05) is 36.8 Å². The number of rotatable bonds is 2. The molecule has 5 nitrogen and oxygen atoms in total. The number of carbonyl (C=O) groups is 2. The maximum Gasteiger partial charge on any atom is 0.246 e. The van der Waals surface area contributed by atoms with Crippen LogP contribution >= 0.6 is 24.2 Å². The van der Waals surface area contributed by atoms with E-state index in [0.717, 1.165) is 50.9 Å². The van der Waals surface area contributed by atoms with Crippen molar-refractivity contribution in [1.82, 2.24) is 15.1 Å². The highest BCUT2D eigenvalue weighted by atomic mass is 35.5. The minimum Gasteiger partial charge on any atom is -0.339 e. The largest absolute Gasteiger partial charge is 0.339 e. The molecule has 1 N–H and O–H groups in total. The summed E-state index contributed by atoms with van der Waals surface area (Å²) in [4.78, 5) is 29.7. The van der Waals surface area contributed by atoms with Gasteiger partial charge in [0.2, 0.25) is 11.8 Å². The molecule has 3 aliphatic heterocycles. The van der Waals surface area contributed by atoms with E-state index in [1.165, 1.54) is 12.8 Å². The number of hydrogen-bond donors (Lipinski definition) is 1. The Balaban J connectivity index is 0.00000169.